The molecular formula is C10H3F5O2. The highest BCUT2D eigenvalue weighted by Crippen LogP contribution is 2.30. The maximum absolute atomic E-state index is 13.2. The highest BCUT2D eigenvalue weighted by molar-refractivity contribution is 5.77. The van der Waals surface area contributed by atoms with E-state index in [-0.39, 0.29) is 6.07 Å². The molecule has 0 aliphatic heterocycles. The van der Waals surface area contributed by atoms with Gasteiger partial charge in [-0.15, -0.1) is 0 Å². The van der Waals surface area contributed by atoms with Crippen molar-refractivity contribution < 1.29 is 26.4 Å². The van der Waals surface area contributed by atoms with Gasteiger partial charge in [0.25, 0.3) is 0 Å². The lowest BCUT2D eigenvalue weighted by atomic mass is 10.2. The first-order valence-electron chi connectivity index (χ1n) is 4.29. The molecule has 0 aliphatic rings. The molecule has 0 fully saturated rings. The highest BCUT2D eigenvalue weighted by Gasteiger charge is 2.35. The lowest BCUT2D eigenvalue weighted by molar-refractivity contribution is -0.153. The number of fused-ring (bicyclic) bond motifs is 1. The maximum Gasteiger partial charge on any atom is 0.449 e. The summed E-state index contributed by atoms with van der Waals surface area (Å²) in [5, 5.41) is -0.574. The lowest BCUT2D eigenvalue weighted by Gasteiger charge is -2.06. The Bertz CT molecular complexity index is 641. The molecule has 0 bridgehead atoms. The molecule has 0 amide bonds. The monoisotopic (exact) mass is 250 g/mol. The molecule has 90 valence electrons. The van der Waals surface area contributed by atoms with E-state index >= 15 is 0 Å². The van der Waals surface area contributed by atoms with E-state index < -0.39 is 40.0 Å². The van der Waals surface area contributed by atoms with Crippen molar-refractivity contribution in [1.82, 2.24) is 0 Å². The predicted molar refractivity (Wildman–Crippen MR) is 47.4 cm³/mol. The summed E-state index contributed by atoms with van der Waals surface area (Å²) in [7, 11) is 0. The fourth-order valence-corrected chi connectivity index (χ4v) is 1.32. The molecule has 0 spiro atoms. The Balaban J connectivity index is 2.88. The van der Waals surface area contributed by atoms with Crippen molar-refractivity contribution in [3.8, 4) is 0 Å². The first-order valence-corrected chi connectivity index (χ1v) is 4.29. The second-order valence-corrected chi connectivity index (χ2v) is 3.24. The van der Waals surface area contributed by atoms with Gasteiger partial charge in [-0.2, -0.15) is 13.2 Å². The van der Waals surface area contributed by atoms with Gasteiger partial charge in [-0.05, 0) is 6.07 Å². The van der Waals surface area contributed by atoms with Crippen LogP contribution in [0.15, 0.2) is 27.4 Å². The Hall–Kier alpha value is -1.92. The molecule has 0 N–H and O–H groups in total. The standard InChI is InChI=1S/C10H3F5O2/c11-4-1-5-7(16)3-8(10(13,14)15)17-9(5)6(12)2-4/h1-3H. The van der Waals surface area contributed by atoms with E-state index in [1.807, 2.05) is 0 Å². The molecule has 0 aliphatic carbocycles. The molecule has 0 radical (unpaired) electrons. The van der Waals surface area contributed by atoms with Crippen molar-refractivity contribution in [2.45, 2.75) is 6.18 Å². The number of hydrogen-bond donors (Lipinski definition) is 0. The third-order valence-corrected chi connectivity index (χ3v) is 2.03. The fourth-order valence-electron chi connectivity index (χ4n) is 1.32. The topological polar surface area (TPSA) is 30.2 Å². The van der Waals surface area contributed by atoms with Crippen molar-refractivity contribution >= 4 is 11.0 Å². The summed E-state index contributed by atoms with van der Waals surface area (Å²) in [5.41, 5.74) is -2.07. The van der Waals surface area contributed by atoms with Gasteiger partial charge < -0.3 is 4.42 Å². The molecule has 1 aromatic heterocycles. The van der Waals surface area contributed by atoms with Crippen LogP contribution in [-0.2, 0) is 6.18 Å². The van der Waals surface area contributed by atoms with E-state index in [1.54, 1.807) is 0 Å². The van der Waals surface area contributed by atoms with Crippen molar-refractivity contribution in [2.75, 3.05) is 0 Å². The van der Waals surface area contributed by atoms with E-state index in [2.05, 4.69) is 4.42 Å². The largest absolute Gasteiger partial charge is 0.449 e. The summed E-state index contributed by atoms with van der Waals surface area (Å²) in [5.74, 6) is -4.05. The second-order valence-electron chi connectivity index (χ2n) is 3.24. The van der Waals surface area contributed by atoms with Gasteiger partial charge in [-0.1, -0.05) is 0 Å². The van der Waals surface area contributed by atoms with Crippen LogP contribution in [0.3, 0.4) is 0 Å². The lowest BCUT2D eigenvalue weighted by Crippen LogP contribution is -2.11. The summed E-state index contributed by atoms with van der Waals surface area (Å²) in [6, 6.07) is 1.11. The van der Waals surface area contributed by atoms with Crippen LogP contribution in [-0.4, -0.2) is 0 Å². The molecule has 1 heterocycles. The Morgan fingerprint density at radius 1 is 1.06 bits per heavy atom. The minimum absolute atomic E-state index is 0.154. The zero-order valence-electron chi connectivity index (χ0n) is 7.94. The molecule has 2 aromatic rings. The van der Waals surface area contributed by atoms with Crippen LogP contribution >= 0.6 is 0 Å². The van der Waals surface area contributed by atoms with Crippen molar-refractivity contribution in [3.63, 3.8) is 0 Å². The van der Waals surface area contributed by atoms with Crippen molar-refractivity contribution in [1.29, 1.82) is 0 Å². The molecule has 0 saturated heterocycles. The van der Waals surface area contributed by atoms with E-state index in [0.29, 0.717) is 12.1 Å². The average Bonchev–Trinajstić information content (AvgIpc) is 2.17. The summed E-state index contributed by atoms with van der Waals surface area (Å²) in [6.45, 7) is 0. The minimum Gasteiger partial charge on any atom is -0.448 e. The third kappa shape index (κ3) is 2.00. The van der Waals surface area contributed by atoms with Gasteiger partial charge in [0, 0.05) is 12.1 Å². The molecule has 2 rings (SSSR count). The van der Waals surface area contributed by atoms with Gasteiger partial charge in [-0.25, -0.2) is 8.78 Å². The minimum atomic E-state index is -4.91. The van der Waals surface area contributed by atoms with E-state index in [0.717, 1.165) is 0 Å². The van der Waals surface area contributed by atoms with Crippen LogP contribution in [0.1, 0.15) is 5.76 Å². The Kier molecular flexibility index (Phi) is 2.41. The van der Waals surface area contributed by atoms with E-state index in [1.165, 1.54) is 0 Å². The molecule has 0 unspecified atom stereocenters. The van der Waals surface area contributed by atoms with Crippen LogP contribution in [0, 0.1) is 11.6 Å². The van der Waals surface area contributed by atoms with Crippen LogP contribution in [0.2, 0.25) is 0 Å². The first-order chi connectivity index (χ1) is 7.79. The summed E-state index contributed by atoms with van der Waals surface area (Å²) in [6.07, 6.45) is -4.91. The van der Waals surface area contributed by atoms with Gasteiger partial charge in [0.1, 0.15) is 5.82 Å². The number of alkyl halides is 3. The van der Waals surface area contributed by atoms with Crippen LogP contribution in [0.25, 0.3) is 11.0 Å². The summed E-state index contributed by atoms with van der Waals surface area (Å²) < 4.78 is 67.0. The SMILES string of the molecule is O=c1cc(C(F)(F)F)oc2c(F)cc(F)cc12. The van der Waals surface area contributed by atoms with Gasteiger partial charge in [0.05, 0.1) is 5.39 Å². The van der Waals surface area contributed by atoms with E-state index in [4.69, 9.17) is 0 Å². The quantitative estimate of drug-likeness (QED) is 0.672. The summed E-state index contributed by atoms with van der Waals surface area (Å²) in [4.78, 5) is 11.3. The second kappa shape index (κ2) is 3.54. The van der Waals surface area contributed by atoms with Crippen LogP contribution in [0.4, 0.5) is 22.0 Å². The fraction of sp³-hybridized carbons (Fsp3) is 0.100. The predicted octanol–water partition coefficient (Wildman–Crippen LogP) is 3.09. The molecule has 0 atom stereocenters. The Labute approximate surface area is 90.3 Å². The smallest absolute Gasteiger partial charge is 0.448 e. The van der Waals surface area contributed by atoms with Gasteiger partial charge in [0.15, 0.2) is 16.8 Å². The van der Waals surface area contributed by atoms with Crippen molar-refractivity contribution in [2.24, 2.45) is 0 Å². The normalized spacial score (nSPS) is 12.1. The third-order valence-electron chi connectivity index (χ3n) is 2.03. The number of hydrogen-bond acceptors (Lipinski definition) is 2. The number of rotatable bonds is 0. The number of halogens is 5. The highest BCUT2D eigenvalue weighted by atomic mass is 19.4. The van der Waals surface area contributed by atoms with Crippen molar-refractivity contribution in [3.05, 3.63) is 45.8 Å². The molecule has 1 aromatic carbocycles. The zero-order chi connectivity index (χ0) is 12.8. The van der Waals surface area contributed by atoms with Gasteiger partial charge in [0.2, 0.25) is 5.76 Å². The Morgan fingerprint density at radius 2 is 1.71 bits per heavy atom. The average molecular weight is 250 g/mol. The molecule has 0 saturated carbocycles. The maximum atomic E-state index is 13.2. The van der Waals surface area contributed by atoms with Crippen LogP contribution < -0.4 is 5.43 Å². The molecule has 2 nitrogen and oxygen atoms in total. The molecule has 7 heteroatoms. The molecular weight excluding hydrogens is 247 g/mol. The number of benzene rings is 1. The molecule has 17 heavy (non-hydrogen) atoms. The Morgan fingerprint density at radius 3 is 2.29 bits per heavy atom. The van der Waals surface area contributed by atoms with E-state index in [9.17, 15) is 26.7 Å². The van der Waals surface area contributed by atoms with Crippen LogP contribution in [0.5, 0.6) is 0 Å². The van der Waals surface area contributed by atoms with Gasteiger partial charge in [-0.3, -0.25) is 4.79 Å². The summed E-state index contributed by atoms with van der Waals surface area (Å²) >= 11 is 0. The zero-order valence-corrected chi connectivity index (χ0v) is 7.94. The van der Waals surface area contributed by atoms with Gasteiger partial charge >= 0.3 is 6.18 Å². The first kappa shape index (κ1) is 11.6.